The molecule has 2 aromatic heterocycles. The second kappa shape index (κ2) is 14.1. The van der Waals surface area contributed by atoms with Crippen LogP contribution in [-0.4, -0.2) is 70.5 Å². The van der Waals surface area contributed by atoms with Crippen LogP contribution in [0.5, 0.6) is 5.75 Å². The topological polar surface area (TPSA) is 106 Å². The van der Waals surface area contributed by atoms with E-state index in [0.29, 0.717) is 41.7 Å². The van der Waals surface area contributed by atoms with E-state index >= 15 is 0 Å². The van der Waals surface area contributed by atoms with Crippen molar-refractivity contribution >= 4 is 29.6 Å². The van der Waals surface area contributed by atoms with Crippen molar-refractivity contribution in [2.75, 3.05) is 42.6 Å². The van der Waals surface area contributed by atoms with Gasteiger partial charge in [-0.05, 0) is 75.6 Å². The highest BCUT2D eigenvalue weighted by atomic mass is 35.5. The number of ether oxygens (including phenoxy) is 2. The number of halogens is 3. The summed E-state index contributed by atoms with van der Waals surface area (Å²) >= 11 is 5.91. The van der Waals surface area contributed by atoms with E-state index < -0.39 is 35.3 Å². The van der Waals surface area contributed by atoms with Crippen molar-refractivity contribution in [2.45, 2.75) is 64.5 Å². The molecule has 5 rings (SSSR count). The number of anilines is 2. The molecule has 0 bridgehead atoms. The Morgan fingerprint density at radius 3 is 2.33 bits per heavy atom. The lowest BCUT2D eigenvalue weighted by molar-refractivity contribution is 0.0504. The first-order valence-electron chi connectivity index (χ1n) is 15.3. The smallest absolute Gasteiger partial charge is 0.407 e. The van der Waals surface area contributed by atoms with Crippen LogP contribution >= 0.6 is 11.6 Å². The van der Waals surface area contributed by atoms with Crippen LogP contribution in [0, 0.1) is 23.5 Å². The van der Waals surface area contributed by atoms with Crippen LogP contribution in [0.1, 0.15) is 58.4 Å². The first kappa shape index (κ1) is 32.6. The molecular weight excluding hydrogens is 604 g/mol. The standard InChI is InChI=1S/C32H40ClF2N7O3/c1-20(21-7-10-41(11-8-21)29-36-14-22(33)15-37-29)9-12-44-24-16-38-30(39-17-24)42-18-26(25-13-23(34)5-6-27(25)35)28(19-42)40-31(43)45-32(2,3)4/h5-6,13-17,20-21,26,28H,7-12,18-19H2,1-4H3,(H,40,43)/t20-,26-,28+/m1/s1. The van der Waals surface area contributed by atoms with Gasteiger partial charge in [0.05, 0.1) is 42.5 Å². The molecule has 10 nitrogen and oxygen atoms in total. The van der Waals surface area contributed by atoms with Crippen LogP contribution in [0.4, 0.5) is 25.5 Å². The lowest BCUT2D eigenvalue weighted by atomic mass is 9.84. The van der Waals surface area contributed by atoms with Crippen molar-refractivity contribution in [3.63, 3.8) is 0 Å². The summed E-state index contributed by atoms with van der Waals surface area (Å²) < 4.78 is 40.3. The molecule has 45 heavy (non-hydrogen) atoms. The summed E-state index contributed by atoms with van der Waals surface area (Å²) in [6, 6.07) is 2.79. The Kier molecular flexibility index (Phi) is 10.2. The second-order valence-electron chi connectivity index (χ2n) is 12.8. The van der Waals surface area contributed by atoms with E-state index in [4.69, 9.17) is 21.1 Å². The molecule has 0 saturated carbocycles. The van der Waals surface area contributed by atoms with Crippen LogP contribution in [0.2, 0.25) is 5.02 Å². The van der Waals surface area contributed by atoms with Gasteiger partial charge in [0.2, 0.25) is 11.9 Å². The van der Waals surface area contributed by atoms with E-state index in [1.807, 2.05) is 4.90 Å². The number of hydrogen-bond donors (Lipinski definition) is 1. The summed E-state index contributed by atoms with van der Waals surface area (Å²) in [5.41, 5.74) is -0.527. The van der Waals surface area contributed by atoms with Crippen molar-refractivity contribution in [1.82, 2.24) is 25.3 Å². The molecule has 242 valence electrons. The third kappa shape index (κ3) is 8.68. The zero-order chi connectivity index (χ0) is 32.1. The summed E-state index contributed by atoms with van der Waals surface area (Å²) in [6.07, 6.45) is 8.88. The molecule has 3 atom stereocenters. The van der Waals surface area contributed by atoms with Crippen molar-refractivity contribution in [3.8, 4) is 5.75 Å². The molecule has 0 aliphatic carbocycles. The van der Waals surface area contributed by atoms with Gasteiger partial charge in [-0.25, -0.2) is 33.5 Å². The van der Waals surface area contributed by atoms with E-state index in [1.165, 1.54) is 6.07 Å². The van der Waals surface area contributed by atoms with Crippen molar-refractivity contribution in [3.05, 3.63) is 65.2 Å². The average molecular weight is 644 g/mol. The highest BCUT2D eigenvalue weighted by molar-refractivity contribution is 6.30. The minimum absolute atomic E-state index is 0.177. The fourth-order valence-corrected chi connectivity index (χ4v) is 6.07. The predicted molar refractivity (Wildman–Crippen MR) is 168 cm³/mol. The van der Waals surface area contributed by atoms with Crippen LogP contribution in [0.15, 0.2) is 43.0 Å². The number of carbonyl (C=O) groups is 1. The lowest BCUT2D eigenvalue weighted by Crippen LogP contribution is -2.43. The molecular formula is C32H40ClF2N7O3. The Balaban J connectivity index is 1.14. The van der Waals surface area contributed by atoms with Gasteiger partial charge < -0.3 is 24.6 Å². The summed E-state index contributed by atoms with van der Waals surface area (Å²) in [6.45, 7) is 10.5. The van der Waals surface area contributed by atoms with Gasteiger partial charge in [0.1, 0.15) is 17.2 Å². The van der Waals surface area contributed by atoms with Gasteiger partial charge in [-0.2, -0.15) is 0 Å². The Labute approximate surface area is 267 Å². The molecule has 0 spiro atoms. The number of alkyl carbamates (subject to hydrolysis) is 1. The van der Waals surface area contributed by atoms with E-state index in [-0.39, 0.29) is 12.1 Å². The number of nitrogens with one attached hydrogen (secondary N) is 1. The summed E-state index contributed by atoms with van der Waals surface area (Å²) in [5.74, 6) is 1.11. The Bertz CT molecular complexity index is 1430. The third-order valence-corrected chi connectivity index (χ3v) is 8.55. The summed E-state index contributed by atoms with van der Waals surface area (Å²) in [4.78, 5) is 34.3. The number of amides is 1. The van der Waals surface area contributed by atoms with E-state index in [2.05, 4.69) is 37.1 Å². The van der Waals surface area contributed by atoms with Crippen molar-refractivity contribution in [2.24, 2.45) is 11.8 Å². The largest absolute Gasteiger partial charge is 0.490 e. The minimum atomic E-state index is -0.705. The van der Waals surface area contributed by atoms with E-state index in [9.17, 15) is 13.6 Å². The molecule has 2 fully saturated rings. The quantitative estimate of drug-likeness (QED) is 0.300. The zero-order valence-corrected chi connectivity index (χ0v) is 26.8. The number of hydrogen-bond acceptors (Lipinski definition) is 9. The third-order valence-electron chi connectivity index (χ3n) is 8.35. The highest BCUT2D eigenvalue weighted by Gasteiger charge is 2.38. The van der Waals surface area contributed by atoms with Crippen molar-refractivity contribution in [1.29, 1.82) is 0 Å². The maximum Gasteiger partial charge on any atom is 0.407 e. The average Bonchev–Trinajstić information content (AvgIpc) is 3.41. The number of rotatable bonds is 9. The molecule has 2 aliphatic heterocycles. The lowest BCUT2D eigenvalue weighted by Gasteiger charge is -2.34. The molecule has 1 amide bonds. The van der Waals surface area contributed by atoms with Crippen LogP contribution in [0.3, 0.4) is 0 Å². The molecule has 1 N–H and O–H groups in total. The van der Waals surface area contributed by atoms with Gasteiger partial charge >= 0.3 is 6.09 Å². The monoisotopic (exact) mass is 643 g/mol. The minimum Gasteiger partial charge on any atom is -0.490 e. The van der Waals surface area contributed by atoms with Gasteiger partial charge in [-0.15, -0.1) is 0 Å². The van der Waals surface area contributed by atoms with E-state index in [1.54, 1.807) is 45.6 Å². The number of nitrogens with zero attached hydrogens (tertiary/aromatic N) is 6. The number of benzene rings is 1. The molecule has 0 radical (unpaired) electrons. The Morgan fingerprint density at radius 2 is 1.67 bits per heavy atom. The van der Waals surface area contributed by atoms with E-state index in [0.717, 1.165) is 50.4 Å². The molecule has 2 aliphatic rings. The van der Waals surface area contributed by atoms with Gasteiger partial charge in [0.25, 0.3) is 0 Å². The first-order chi connectivity index (χ1) is 21.4. The number of aromatic nitrogens is 4. The first-order valence-corrected chi connectivity index (χ1v) is 15.7. The van der Waals surface area contributed by atoms with Crippen molar-refractivity contribution < 1.29 is 23.0 Å². The number of piperidine rings is 1. The second-order valence-corrected chi connectivity index (χ2v) is 13.2. The Hall–Kier alpha value is -3.80. The van der Waals surface area contributed by atoms with Crippen LogP contribution in [0.25, 0.3) is 0 Å². The maximum absolute atomic E-state index is 14.8. The molecule has 4 heterocycles. The molecule has 2 saturated heterocycles. The SMILES string of the molecule is C[C@H](CCOc1cnc(N2C[C@H](NC(=O)OC(C)(C)C)[C@@H](c3cc(F)ccc3F)C2)nc1)C1CCN(c2ncc(Cl)cn2)CC1. The fraction of sp³-hybridized carbons (Fsp3) is 0.531. The number of carbonyl (C=O) groups excluding carboxylic acids is 1. The van der Waals surface area contributed by atoms with Gasteiger partial charge in [-0.3, -0.25) is 0 Å². The normalized spacial score (nSPS) is 19.8. The maximum atomic E-state index is 14.8. The van der Waals surface area contributed by atoms with Gasteiger partial charge in [-0.1, -0.05) is 18.5 Å². The summed E-state index contributed by atoms with van der Waals surface area (Å²) in [5, 5.41) is 3.37. The molecule has 0 unspecified atom stereocenters. The molecule has 13 heteroatoms. The highest BCUT2D eigenvalue weighted by Crippen LogP contribution is 2.33. The Morgan fingerprint density at radius 1 is 1.02 bits per heavy atom. The fourth-order valence-electron chi connectivity index (χ4n) is 5.97. The molecule has 1 aromatic carbocycles. The predicted octanol–water partition coefficient (Wildman–Crippen LogP) is 6.02. The van der Waals surface area contributed by atoms with Gasteiger partial charge in [0, 0.05) is 32.1 Å². The molecule has 3 aromatic rings. The zero-order valence-electron chi connectivity index (χ0n) is 26.0. The van der Waals surface area contributed by atoms with Gasteiger partial charge in [0.15, 0.2) is 5.75 Å². The van der Waals surface area contributed by atoms with Crippen LogP contribution in [-0.2, 0) is 4.74 Å². The summed E-state index contributed by atoms with van der Waals surface area (Å²) in [7, 11) is 0. The van der Waals surface area contributed by atoms with Crippen LogP contribution < -0.4 is 19.9 Å².